The molecule has 1 aromatic rings. The molecule has 4 nitrogen and oxygen atoms in total. The third kappa shape index (κ3) is 3.00. The van der Waals surface area contributed by atoms with Crippen molar-refractivity contribution in [3.63, 3.8) is 0 Å². The van der Waals surface area contributed by atoms with Crippen LogP contribution in [0.25, 0.3) is 0 Å². The van der Waals surface area contributed by atoms with Crippen molar-refractivity contribution in [2.24, 2.45) is 0 Å². The maximum absolute atomic E-state index is 10.9. The third-order valence-corrected chi connectivity index (χ3v) is 3.75. The van der Waals surface area contributed by atoms with Crippen LogP contribution in [0.4, 0.5) is 0 Å². The molecule has 0 bridgehead atoms. The molecule has 4 heteroatoms. The van der Waals surface area contributed by atoms with E-state index in [2.05, 4.69) is 9.88 Å². The first-order chi connectivity index (χ1) is 8.72. The van der Waals surface area contributed by atoms with E-state index in [1.54, 1.807) is 0 Å². The molecule has 0 atom stereocenters. The van der Waals surface area contributed by atoms with Crippen molar-refractivity contribution in [1.82, 2.24) is 9.88 Å². The standard InChI is InChI=1S/C14H22N2O2/c1-11-13(12(2)15-14(11)10-17)4-3-5-16-6-8-18-9-7-16/h10,15H,3-9H2,1-2H3. The number of carbonyl (C=O) groups excluding carboxylic acids is 1. The summed E-state index contributed by atoms with van der Waals surface area (Å²) in [4.78, 5) is 16.5. The van der Waals surface area contributed by atoms with Crippen LogP contribution in [0.15, 0.2) is 0 Å². The summed E-state index contributed by atoms with van der Waals surface area (Å²) in [6.45, 7) is 9.00. The van der Waals surface area contributed by atoms with Crippen LogP contribution in [-0.4, -0.2) is 49.0 Å². The van der Waals surface area contributed by atoms with Gasteiger partial charge in [-0.3, -0.25) is 9.69 Å². The lowest BCUT2D eigenvalue weighted by Crippen LogP contribution is -2.36. The van der Waals surface area contributed by atoms with Crippen LogP contribution in [0, 0.1) is 13.8 Å². The fourth-order valence-corrected chi connectivity index (χ4v) is 2.61. The molecule has 0 radical (unpaired) electrons. The molecule has 1 aromatic heterocycles. The van der Waals surface area contributed by atoms with E-state index in [-0.39, 0.29) is 0 Å². The molecular formula is C14H22N2O2. The van der Waals surface area contributed by atoms with Crippen molar-refractivity contribution < 1.29 is 9.53 Å². The molecule has 1 N–H and O–H groups in total. The molecule has 0 aromatic carbocycles. The number of morpholine rings is 1. The van der Waals surface area contributed by atoms with Crippen molar-refractivity contribution in [3.8, 4) is 0 Å². The van der Waals surface area contributed by atoms with Gasteiger partial charge in [-0.25, -0.2) is 0 Å². The SMILES string of the molecule is Cc1[nH]c(C=O)c(C)c1CCCN1CCOCC1. The van der Waals surface area contributed by atoms with Gasteiger partial charge in [-0.05, 0) is 44.4 Å². The Labute approximate surface area is 108 Å². The van der Waals surface area contributed by atoms with Crippen LogP contribution in [0.3, 0.4) is 0 Å². The smallest absolute Gasteiger partial charge is 0.166 e. The van der Waals surface area contributed by atoms with Gasteiger partial charge in [-0.1, -0.05) is 0 Å². The first kappa shape index (κ1) is 13.3. The summed E-state index contributed by atoms with van der Waals surface area (Å²) in [5.74, 6) is 0. The Bertz CT molecular complexity index is 406. The summed E-state index contributed by atoms with van der Waals surface area (Å²) in [7, 11) is 0. The first-order valence-electron chi connectivity index (χ1n) is 6.65. The topological polar surface area (TPSA) is 45.3 Å². The highest BCUT2D eigenvalue weighted by atomic mass is 16.5. The summed E-state index contributed by atoms with van der Waals surface area (Å²) in [6, 6.07) is 0. The quantitative estimate of drug-likeness (QED) is 0.809. The minimum Gasteiger partial charge on any atom is -0.379 e. The fraction of sp³-hybridized carbons (Fsp3) is 0.643. The first-order valence-corrected chi connectivity index (χ1v) is 6.65. The van der Waals surface area contributed by atoms with Crippen molar-refractivity contribution in [2.75, 3.05) is 32.8 Å². The van der Waals surface area contributed by atoms with Crippen LogP contribution in [0.1, 0.15) is 33.7 Å². The second-order valence-electron chi connectivity index (χ2n) is 4.94. The van der Waals surface area contributed by atoms with Gasteiger partial charge in [-0.2, -0.15) is 0 Å². The van der Waals surface area contributed by atoms with Crippen molar-refractivity contribution >= 4 is 6.29 Å². The Kier molecular flexibility index (Phi) is 4.55. The minimum atomic E-state index is 0.730. The number of aromatic amines is 1. The van der Waals surface area contributed by atoms with Crippen molar-refractivity contribution in [3.05, 3.63) is 22.5 Å². The molecule has 0 saturated carbocycles. The molecular weight excluding hydrogens is 228 g/mol. The van der Waals surface area contributed by atoms with Gasteiger partial charge in [0.25, 0.3) is 0 Å². The van der Waals surface area contributed by atoms with E-state index in [0.717, 1.165) is 68.9 Å². The largest absolute Gasteiger partial charge is 0.379 e. The van der Waals surface area contributed by atoms with E-state index in [1.165, 1.54) is 5.56 Å². The summed E-state index contributed by atoms with van der Waals surface area (Å²) >= 11 is 0. The molecule has 1 fully saturated rings. The third-order valence-electron chi connectivity index (χ3n) is 3.75. The molecule has 100 valence electrons. The van der Waals surface area contributed by atoms with Crippen LogP contribution < -0.4 is 0 Å². The van der Waals surface area contributed by atoms with E-state index < -0.39 is 0 Å². The second kappa shape index (κ2) is 6.16. The lowest BCUT2D eigenvalue weighted by molar-refractivity contribution is 0.0374. The number of aryl methyl sites for hydroxylation is 1. The lowest BCUT2D eigenvalue weighted by atomic mass is 10.0. The molecule has 2 heterocycles. The highest BCUT2D eigenvalue weighted by Crippen LogP contribution is 2.18. The van der Waals surface area contributed by atoms with Gasteiger partial charge in [-0.15, -0.1) is 0 Å². The highest BCUT2D eigenvalue weighted by Gasteiger charge is 2.13. The maximum Gasteiger partial charge on any atom is 0.166 e. The Balaban J connectivity index is 1.86. The molecule has 1 saturated heterocycles. The van der Waals surface area contributed by atoms with E-state index >= 15 is 0 Å². The Morgan fingerprint density at radius 2 is 2.06 bits per heavy atom. The summed E-state index contributed by atoms with van der Waals surface area (Å²) in [5, 5.41) is 0. The fourth-order valence-electron chi connectivity index (χ4n) is 2.61. The second-order valence-corrected chi connectivity index (χ2v) is 4.94. The van der Waals surface area contributed by atoms with Crippen molar-refractivity contribution in [1.29, 1.82) is 0 Å². The number of rotatable bonds is 5. The average Bonchev–Trinajstić information content (AvgIpc) is 2.67. The van der Waals surface area contributed by atoms with E-state index in [1.807, 2.05) is 13.8 Å². The predicted molar refractivity (Wildman–Crippen MR) is 71.2 cm³/mol. The normalized spacial score (nSPS) is 17.0. The van der Waals surface area contributed by atoms with Gasteiger partial charge < -0.3 is 9.72 Å². The highest BCUT2D eigenvalue weighted by molar-refractivity contribution is 5.75. The molecule has 0 unspecified atom stereocenters. The van der Waals surface area contributed by atoms with Crippen molar-refractivity contribution in [2.45, 2.75) is 26.7 Å². The summed E-state index contributed by atoms with van der Waals surface area (Å²) in [6.07, 6.45) is 3.09. The molecule has 1 aliphatic heterocycles. The number of carbonyl (C=O) groups is 1. The zero-order valence-corrected chi connectivity index (χ0v) is 11.3. The number of H-pyrrole nitrogens is 1. The number of nitrogens with one attached hydrogen (secondary N) is 1. The maximum atomic E-state index is 10.9. The molecule has 1 aliphatic rings. The molecule has 0 spiro atoms. The molecule has 0 amide bonds. The van der Waals surface area contributed by atoms with E-state index in [9.17, 15) is 4.79 Å². The number of nitrogens with zero attached hydrogens (tertiary/aromatic N) is 1. The van der Waals surface area contributed by atoms with Gasteiger partial charge in [0.1, 0.15) is 0 Å². The van der Waals surface area contributed by atoms with Gasteiger partial charge in [0.05, 0.1) is 18.9 Å². The van der Waals surface area contributed by atoms with Gasteiger partial charge in [0, 0.05) is 18.8 Å². The Morgan fingerprint density at radius 3 is 2.67 bits per heavy atom. The number of aldehydes is 1. The number of aromatic nitrogens is 1. The molecule has 18 heavy (non-hydrogen) atoms. The zero-order valence-electron chi connectivity index (χ0n) is 11.3. The van der Waals surface area contributed by atoms with Gasteiger partial charge in [0.15, 0.2) is 6.29 Å². The monoisotopic (exact) mass is 250 g/mol. The Morgan fingerprint density at radius 1 is 1.33 bits per heavy atom. The number of ether oxygens (including phenoxy) is 1. The minimum absolute atomic E-state index is 0.730. The van der Waals surface area contributed by atoms with Gasteiger partial charge in [0.2, 0.25) is 0 Å². The molecule has 0 aliphatic carbocycles. The van der Waals surface area contributed by atoms with E-state index in [4.69, 9.17) is 4.74 Å². The predicted octanol–water partition coefficient (Wildman–Crippen LogP) is 1.71. The Hall–Kier alpha value is -1.13. The van der Waals surface area contributed by atoms with Crippen LogP contribution in [-0.2, 0) is 11.2 Å². The zero-order chi connectivity index (χ0) is 13.0. The van der Waals surface area contributed by atoms with Gasteiger partial charge >= 0.3 is 0 Å². The van der Waals surface area contributed by atoms with E-state index in [0.29, 0.717) is 0 Å². The summed E-state index contributed by atoms with van der Waals surface area (Å²) in [5.41, 5.74) is 4.29. The van der Waals surface area contributed by atoms with Crippen LogP contribution in [0.5, 0.6) is 0 Å². The average molecular weight is 250 g/mol. The summed E-state index contributed by atoms with van der Waals surface area (Å²) < 4.78 is 5.33. The number of hydrogen-bond acceptors (Lipinski definition) is 3. The van der Waals surface area contributed by atoms with Crippen LogP contribution >= 0.6 is 0 Å². The van der Waals surface area contributed by atoms with Crippen LogP contribution in [0.2, 0.25) is 0 Å². The lowest BCUT2D eigenvalue weighted by Gasteiger charge is -2.26. The number of hydrogen-bond donors (Lipinski definition) is 1. The molecule has 2 rings (SSSR count).